The molecule has 1 heterocycles. The van der Waals surface area contributed by atoms with E-state index in [1.54, 1.807) is 10.9 Å². The Morgan fingerprint density at radius 3 is 2.45 bits per heavy atom. The number of amides is 2. The lowest BCUT2D eigenvalue weighted by molar-refractivity contribution is -0.145. The summed E-state index contributed by atoms with van der Waals surface area (Å²) in [6, 6.07) is 13.6. The average molecular weight is 461 g/mol. The number of nitrogens with one attached hydrogen (secondary N) is 2. The SMILES string of the molecule is O=C(CNC(=O)c1ccc(Cl)cc1Cl)NCC(=O)OCc1ccc(-n2cccn2)cc1. The molecule has 10 heteroatoms. The van der Waals surface area contributed by atoms with Gasteiger partial charge in [-0.25, -0.2) is 4.68 Å². The molecule has 0 aliphatic carbocycles. The molecule has 0 aliphatic rings. The van der Waals surface area contributed by atoms with Crippen LogP contribution in [0.4, 0.5) is 0 Å². The van der Waals surface area contributed by atoms with Crippen LogP contribution in [0.15, 0.2) is 60.9 Å². The van der Waals surface area contributed by atoms with Gasteiger partial charge in [0.05, 0.1) is 22.8 Å². The van der Waals surface area contributed by atoms with Crippen molar-refractivity contribution in [1.29, 1.82) is 0 Å². The summed E-state index contributed by atoms with van der Waals surface area (Å²) in [5, 5.41) is 9.51. The zero-order valence-corrected chi connectivity index (χ0v) is 17.7. The van der Waals surface area contributed by atoms with E-state index in [1.807, 2.05) is 36.5 Å². The third-order valence-electron chi connectivity index (χ3n) is 4.12. The van der Waals surface area contributed by atoms with Gasteiger partial charge in [-0.05, 0) is 42.0 Å². The summed E-state index contributed by atoms with van der Waals surface area (Å²) in [6.45, 7) is -0.568. The second kappa shape index (κ2) is 10.6. The third kappa shape index (κ3) is 6.56. The number of hydrogen-bond donors (Lipinski definition) is 2. The molecule has 0 aliphatic heterocycles. The van der Waals surface area contributed by atoms with Gasteiger partial charge in [-0.1, -0.05) is 35.3 Å². The Hall–Kier alpha value is -3.36. The van der Waals surface area contributed by atoms with Gasteiger partial charge < -0.3 is 15.4 Å². The van der Waals surface area contributed by atoms with E-state index >= 15 is 0 Å². The van der Waals surface area contributed by atoms with Gasteiger partial charge in [-0.3, -0.25) is 14.4 Å². The molecule has 2 aromatic carbocycles. The fourth-order valence-corrected chi connectivity index (χ4v) is 3.04. The van der Waals surface area contributed by atoms with Crippen molar-refractivity contribution in [3.05, 3.63) is 82.1 Å². The molecule has 1 aromatic heterocycles. The first-order chi connectivity index (χ1) is 14.9. The van der Waals surface area contributed by atoms with E-state index in [0.717, 1.165) is 11.3 Å². The Morgan fingerprint density at radius 2 is 1.77 bits per heavy atom. The van der Waals surface area contributed by atoms with Crippen LogP contribution in [0.25, 0.3) is 5.69 Å². The van der Waals surface area contributed by atoms with Crippen LogP contribution in [0, 0.1) is 0 Å². The Balaban J connectivity index is 1.37. The number of carbonyl (C=O) groups is 3. The van der Waals surface area contributed by atoms with Gasteiger partial charge in [0.1, 0.15) is 13.2 Å². The van der Waals surface area contributed by atoms with Crippen molar-refractivity contribution < 1.29 is 19.1 Å². The highest BCUT2D eigenvalue weighted by molar-refractivity contribution is 6.36. The molecule has 8 nitrogen and oxygen atoms in total. The highest BCUT2D eigenvalue weighted by atomic mass is 35.5. The van der Waals surface area contributed by atoms with Crippen molar-refractivity contribution in [2.45, 2.75) is 6.61 Å². The number of halogens is 2. The summed E-state index contributed by atoms with van der Waals surface area (Å²) in [5.41, 5.74) is 1.87. The van der Waals surface area contributed by atoms with Gasteiger partial charge in [-0.15, -0.1) is 0 Å². The van der Waals surface area contributed by atoms with Crippen molar-refractivity contribution in [2.75, 3.05) is 13.1 Å². The van der Waals surface area contributed by atoms with Crippen LogP contribution < -0.4 is 10.6 Å². The molecule has 3 rings (SSSR count). The zero-order chi connectivity index (χ0) is 22.2. The third-order valence-corrected chi connectivity index (χ3v) is 4.67. The molecule has 0 bridgehead atoms. The van der Waals surface area contributed by atoms with Gasteiger partial charge >= 0.3 is 5.97 Å². The fraction of sp³-hybridized carbons (Fsp3) is 0.143. The lowest BCUT2D eigenvalue weighted by Crippen LogP contribution is -2.39. The molecule has 0 fully saturated rings. The van der Waals surface area contributed by atoms with Gasteiger partial charge in [0, 0.05) is 17.4 Å². The summed E-state index contributed by atoms with van der Waals surface area (Å²) in [6.07, 6.45) is 3.51. The molecule has 0 atom stereocenters. The zero-order valence-electron chi connectivity index (χ0n) is 16.2. The van der Waals surface area contributed by atoms with E-state index in [2.05, 4.69) is 15.7 Å². The highest BCUT2D eigenvalue weighted by Gasteiger charge is 2.13. The number of ether oxygens (including phenoxy) is 1. The maximum atomic E-state index is 12.1. The molecule has 160 valence electrons. The van der Waals surface area contributed by atoms with Crippen molar-refractivity contribution in [3.8, 4) is 5.69 Å². The van der Waals surface area contributed by atoms with Crippen molar-refractivity contribution in [3.63, 3.8) is 0 Å². The maximum absolute atomic E-state index is 12.1. The number of carbonyl (C=O) groups excluding carboxylic acids is 3. The van der Waals surface area contributed by atoms with Gasteiger partial charge in [0.2, 0.25) is 5.91 Å². The monoisotopic (exact) mass is 460 g/mol. The standard InChI is InChI=1S/C21H18Cl2N4O4/c22-15-4-7-17(18(23)10-15)21(30)25-11-19(28)24-12-20(29)31-13-14-2-5-16(6-3-14)27-9-1-8-26-27/h1-10H,11-13H2,(H,24,28)(H,25,30). The number of nitrogens with zero attached hydrogens (tertiary/aromatic N) is 2. The van der Waals surface area contributed by atoms with Gasteiger partial charge in [-0.2, -0.15) is 5.10 Å². The molecule has 3 aromatic rings. The van der Waals surface area contributed by atoms with E-state index in [0.29, 0.717) is 5.02 Å². The molecular weight excluding hydrogens is 443 g/mol. The van der Waals surface area contributed by atoms with Crippen LogP contribution in [-0.2, 0) is 20.9 Å². The van der Waals surface area contributed by atoms with E-state index in [1.165, 1.54) is 18.2 Å². The lowest BCUT2D eigenvalue weighted by Gasteiger charge is -2.09. The first-order valence-corrected chi connectivity index (χ1v) is 9.92. The number of benzene rings is 2. The molecular formula is C21H18Cl2N4O4. The lowest BCUT2D eigenvalue weighted by atomic mass is 10.2. The Kier molecular flexibility index (Phi) is 7.64. The van der Waals surface area contributed by atoms with Crippen molar-refractivity contribution in [2.24, 2.45) is 0 Å². The summed E-state index contributed by atoms with van der Waals surface area (Å²) in [4.78, 5) is 35.8. The largest absolute Gasteiger partial charge is 0.460 e. The highest BCUT2D eigenvalue weighted by Crippen LogP contribution is 2.20. The predicted molar refractivity (Wildman–Crippen MR) is 115 cm³/mol. The minimum atomic E-state index is -0.600. The minimum Gasteiger partial charge on any atom is -0.460 e. The van der Waals surface area contributed by atoms with Crippen LogP contribution in [-0.4, -0.2) is 40.7 Å². The Bertz CT molecular complexity index is 1070. The molecule has 0 saturated heterocycles. The molecule has 31 heavy (non-hydrogen) atoms. The second-order valence-corrected chi connectivity index (χ2v) is 7.20. The molecule has 2 amide bonds. The quantitative estimate of drug-likeness (QED) is 0.503. The first-order valence-electron chi connectivity index (χ1n) is 9.17. The predicted octanol–water partition coefficient (Wildman–Crippen LogP) is 2.77. The second-order valence-electron chi connectivity index (χ2n) is 6.36. The van der Waals surface area contributed by atoms with Crippen LogP contribution in [0.5, 0.6) is 0 Å². The van der Waals surface area contributed by atoms with Crippen molar-refractivity contribution >= 4 is 41.0 Å². The van der Waals surface area contributed by atoms with E-state index in [9.17, 15) is 14.4 Å². The summed E-state index contributed by atoms with van der Waals surface area (Å²) >= 11 is 11.7. The van der Waals surface area contributed by atoms with Gasteiger partial charge in [0.25, 0.3) is 5.91 Å². The summed E-state index contributed by atoms with van der Waals surface area (Å²) in [7, 11) is 0. The van der Waals surface area contributed by atoms with Crippen molar-refractivity contribution in [1.82, 2.24) is 20.4 Å². The van der Waals surface area contributed by atoms with Gasteiger partial charge in [0.15, 0.2) is 0 Å². The Morgan fingerprint density at radius 1 is 1.00 bits per heavy atom. The topological polar surface area (TPSA) is 102 Å². The number of esters is 1. The summed E-state index contributed by atoms with van der Waals surface area (Å²) in [5.74, 6) is -1.67. The number of hydrogen-bond acceptors (Lipinski definition) is 5. The fourth-order valence-electron chi connectivity index (χ4n) is 2.54. The van der Waals surface area contributed by atoms with Crippen LogP contribution in [0.2, 0.25) is 10.0 Å². The smallest absolute Gasteiger partial charge is 0.325 e. The number of aromatic nitrogens is 2. The normalized spacial score (nSPS) is 10.4. The summed E-state index contributed by atoms with van der Waals surface area (Å²) < 4.78 is 6.85. The molecule has 0 radical (unpaired) electrons. The van der Waals surface area contributed by atoms with Crippen LogP contribution >= 0.6 is 23.2 Å². The Labute approximate surface area is 188 Å². The minimum absolute atomic E-state index is 0.0693. The maximum Gasteiger partial charge on any atom is 0.325 e. The van der Waals surface area contributed by atoms with Crippen LogP contribution in [0.1, 0.15) is 15.9 Å². The van der Waals surface area contributed by atoms with Crippen LogP contribution in [0.3, 0.4) is 0 Å². The average Bonchev–Trinajstić information content (AvgIpc) is 3.30. The number of rotatable bonds is 8. The molecule has 0 saturated carbocycles. The molecule has 0 unspecified atom stereocenters. The van der Waals surface area contributed by atoms with E-state index < -0.39 is 17.8 Å². The first kappa shape index (κ1) is 22.3. The molecule has 0 spiro atoms. The van der Waals surface area contributed by atoms with E-state index in [4.69, 9.17) is 27.9 Å². The molecule has 2 N–H and O–H groups in total. The van der Waals surface area contributed by atoms with E-state index in [-0.39, 0.29) is 30.3 Å².